The Hall–Kier alpha value is -1.03. The Morgan fingerprint density at radius 3 is 2.36 bits per heavy atom. The van der Waals surface area contributed by atoms with Gasteiger partial charge in [0.15, 0.2) is 0 Å². The van der Waals surface area contributed by atoms with Crippen molar-refractivity contribution in [2.45, 2.75) is 0 Å². The van der Waals surface area contributed by atoms with Crippen molar-refractivity contribution < 1.29 is 19.0 Å². The summed E-state index contributed by atoms with van der Waals surface area (Å²) in [5, 5.41) is 0. The van der Waals surface area contributed by atoms with Crippen LogP contribution in [0.15, 0.2) is 11.8 Å². The van der Waals surface area contributed by atoms with Crippen LogP contribution in [-0.2, 0) is 19.0 Å². The second-order valence-electron chi connectivity index (χ2n) is 1.80. The Balaban J connectivity index is 4.09. The van der Waals surface area contributed by atoms with Gasteiger partial charge in [-0.15, -0.1) is 0 Å². The summed E-state index contributed by atoms with van der Waals surface area (Å²) in [5.41, 5.74) is 0.359. The van der Waals surface area contributed by atoms with E-state index < -0.39 is 5.97 Å². The van der Waals surface area contributed by atoms with Crippen molar-refractivity contribution in [3.8, 4) is 0 Å². The molecule has 0 saturated carbocycles. The van der Waals surface area contributed by atoms with Crippen LogP contribution in [-0.4, -0.2) is 33.9 Å². The van der Waals surface area contributed by atoms with Gasteiger partial charge in [-0.3, -0.25) is 0 Å². The number of hydrogen-bond acceptors (Lipinski definition) is 4. The fourth-order valence-corrected chi connectivity index (χ4v) is 0.570. The summed E-state index contributed by atoms with van der Waals surface area (Å²) in [7, 11) is 4.26. The summed E-state index contributed by atoms with van der Waals surface area (Å²) in [5.74, 6) is -0.436. The normalized spacial score (nSPS) is 11.0. The zero-order valence-corrected chi connectivity index (χ0v) is 6.92. The molecule has 4 nitrogen and oxygen atoms in total. The van der Waals surface area contributed by atoms with E-state index in [1.54, 1.807) is 0 Å². The summed E-state index contributed by atoms with van der Waals surface area (Å²) in [4.78, 5) is 10.8. The maximum atomic E-state index is 10.8. The number of ether oxygens (including phenoxy) is 3. The molecule has 0 aromatic carbocycles. The molecule has 0 saturated heterocycles. The van der Waals surface area contributed by atoms with Gasteiger partial charge < -0.3 is 14.2 Å². The Morgan fingerprint density at radius 2 is 2.00 bits per heavy atom. The van der Waals surface area contributed by atoms with Crippen molar-refractivity contribution in [3.05, 3.63) is 11.8 Å². The third-order valence-electron chi connectivity index (χ3n) is 1.01. The van der Waals surface area contributed by atoms with Gasteiger partial charge in [0.1, 0.15) is 0 Å². The van der Waals surface area contributed by atoms with E-state index in [1.165, 1.54) is 27.6 Å². The lowest BCUT2D eigenvalue weighted by Gasteiger charge is -2.02. The lowest BCUT2D eigenvalue weighted by atomic mass is 10.3. The molecule has 11 heavy (non-hydrogen) atoms. The largest absolute Gasteiger partial charge is 0.504 e. The van der Waals surface area contributed by atoms with E-state index in [4.69, 9.17) is 4.74 Å². The molecule has 0 aliphatic rings. The SMILES string of the molecule is CO/C=C(/COC)C(=O)OC. The van der Waals surface area contributed by atoms with E-state index >= 15 is 0 Å². The minimum absolute atomic E-state index is 0.195. The summed E-state index contributed by atoms with van der Waals surface area (Å²) < 4.78 is 13.8. The predicted octanol–water partition coefficient (Wildman–Crippen LogP) is 0.336. The lowest BCUT2D eigenvalue weighted by Crippen LogP contribution is -2.09. The fourth-order valence-electron chi connectivity index (χ4n) is 0.570. The maximum absolute atomic E-state index is 10.8. The Kier molecular flexibility index (Phi) is 5.20. The number of rotatable bonds is 4. The molecule has 0 N–H and O–H groups in total. The van der Waals surface area contributed by atoms with Crippen LogP contribution < -0.4 is 0 Å². The maximum Gasteiger partial charge on any atom is 0.339 e. The van der Waals surface area contributed by atoms with Crippen LogP contribution in [0.5, 0.6) is 0 Å². The number of carbonyl (C=O) groups is 1. The van der Waals surface area contributed by atoms with Gasteiger partial charge in [-0.1, -0.05) is 0 Å². The summed E-state index contributed by atoms with van der Waals surface area (Å²) in [6, 6.07) is 0. The molecule has 0 spiro atoms. The summed E-state index contributed by atoms with van der Waals surface area (Å²) in [6.45, 7) is 0.195. The van der Waals surface area contributed by atoms with Crippen LogP contribution in [0, 0.1) is 0 Å². The van der Waals surface area contributed by atoms with E-state index in [9.17, 15) is 4.79 Å². The number of carbonyl (C=O) groups excluding carboxylic acids is 1. The first kappa shape index (κ1) is 9.97. The molecule has 0 aromatic rings. The zero-order chi connectivity index (χ0) is 8.69. The van der Waals surface area contributed by atoms with Crippen LogP contribution in [0.1, 0.15) is 0 Å². The van der Waals surface area contributed by atoms with Gasteiger partial charge >= 0.3 is 5.97 Å². The standard InChI is InChI=1S/C7H12O4/c1-9-4-6(5-10-2)7(8)11-3/h4H,5H2,1-3H3/b6-4-. The van der Waals surface area contributed by atoms with Crippen molar-refractivity contribution in [2.75, 3.05) is 27.9 Å². The molecule has 0 rings (SSSR count). The van der Waals surface area contributed by atoms with Crippen molar-refractivity contribution >= 4 is 5.97 Å². The molecule has 0 atom stereocenters. The molecule has 0 fully saturated rings. The Morgan fingerprint density at radius 1 is 1.36 bits per heavy atom. The molecule has 4 heteroatoms. The second kappa shape index (κ2) is 5.73. The first-order valence-electron chi connectivity index (χ1n) is 3.05. The zero-order valence-electron chi connectivity index (χ0n) is 6.92. The van der Waals surface area contributed by atoms with Gasteiger partial charge in [0.2, 0.25) is 0 Å². The minimum Gasteiger partial charge on any atom is -0.504 e. The third-order valence-corrected chi connectivity index (χ3v) is 1.01. The number of hydrogen-bond donors (Lipinski definition) is 0. The molecule has 0 amide bonds. The molecule has 0 aliphatic heterocycles. The predicted molar refractivity (Wildman–Crippen MR) is 39.0 cm³/mol. The number of esters is 1. The van der Waals surface area contributed by atoms with Crippen molar-refractivity contribution in [3.63, 3.8) is 0 Å². The molecule has 0 aromatic heterocycles. The molecule has 0 aliphatic carbocycles. The van der Waals surface area contributed by atoms with Gasteiger partial charge in [-0.05, 0) is 0 Å². The van der Waals surface area contributed by atoms with Crippen molar-refractivity contribution in [1.29, 1.82) is 0 Å². The van der Waals surface area contributed by atoms with E-state index in [-0.39, 0.29) is 6.61 Å². The van der Waals surface area contributed by atoms with Crippen LogP contribution in [0.2, 0.25) is 0 Å². The fraction of sp³-hybridized carbons (Fsp3) is 0.571. The molecular weight excluding hydrogens is 148 g/mol. The molecule has 0 bridgehead atoms. The average molecular weight is 160 g/mol. The highest BCUT2D eigenvalue weighted by Crippen LogP contribution is 1.97. The smallest absolute Gasteiger partial charge is 0.339 e. The first-order chi connectivity index (χ1) is 5.26. The van der Waals surface area contributed by atoms with Gasteiger partial charge in [-0.25, -0.2) is 4.79 Å². The summed E-state index contributed by atoms with van der Waals surface area (Å²) in [6.07, 6.45) is 1.30. The highest BCUT2D eigenvalue weighted by Gasteiger charge is 2.08. The van der Waals surface area contributed by atoms with Gasteiger partial charge in [0.05, 0.1) is 32.7 Å². The average Bonchev–Trinajstić information content (AvgIpc) is 2.03. The van der Waals surface area contributed by atoms with Crippen molar-refractivity contribution in [2.24, 2.45) is 0 Å². The second-order valence-corrected chi connectivity index (χ2v) is 1.80. The topological polar surface area (TPSA) is 44.8 Å². The third kappa shape index (κ3) is 3.62. The molecular formula is C7H12O4. The highest BCUT2D eigenvalue weighted by atomic mass is 16.5. The Bertz CT molecular complexity index is 151. The number of methoxy groups -OCH3 is 3. The van der Waals surface area contributed by atoms with Crippen LogP contribution in [0.25, 0.3) is 0 Å². The van der Waals surface area contributed by atoms with E-state index in [1.807, 2.05) is 0 Å². The molecule has 0 heterocycles. The first-order valence-corrected chi connectivity index (χ1v) is 3.05. The quantitative estimate of drug-likeness (QED) is 0.338. The van der Waals surface area contributed by atoms with Crippen LogP contribution in [0.4, 0.5) is 0 Å². The summed E-state index contributed by atoms with van der Waals surface area (Å²) >= 11 is 0. The van der Waals surface area contributed by atoms with Crippen LogP contribution in [0.3, 0.4) is 0 Å². The monoisotopic (exact) mass is 160 g/mol. The van der Waals surface area contributed by atoms with E-state index in [0.717, 1.165) is 0 Å². The van der Waals surface area contributed by atoms with Gasteiger partial charge in [0, 0.05) is 7.11 Å². The van der Waals surface area contributed by atoms with Crippen LogP contribution >= 0.6 is 0 Å². The molecule has 0 radical (unpaired) electrons. The minimum atomic E-state index is -0.436. The molecule has 64 valence electrons. The van der Waals surface area contributed by atoms with E-state index in [2.05, 4.69) is 9.47 Å². The Labute approximate surface area is 65.7 Å². The van der Waals surface area contributed by atoms with E-state index in [0.29, 0.717) is 5.57 Å². The molecule has 0 unspecified atom stereocenters. The highest BCUT2D eigenvalue weighted by molar-refractivity contribution is 5.88. The van der Waals surface area contributed by atoms with Gasteiger partial charge in [0.25, 0.3) is 0 Å². The van der Waals surface area contributed by atoms with Crippen molar-refractivity contribution in [1.82, 2.24) is 0 Å². The van der Waals surface area contributed by atoms with Gasteiger partial charge in [-0.2, -0.15) is 0 Å². The lowest BCUT2D eigenvalue weighted by molar-refractivity contribution is -0.136.